The summed E-state index contributed by atoms with van der Waals surface area (Å²) in [7, 11) is 3.45. The van der Waals surface area contributed by atoms with Crippen molar-refractivity contribution in [2.24, 2.45) is 7.05 Å². The number of benzene rings is 2. The van der Waals surface area contributed by atoms with Crippen LogP contribution in [0.4, 0.5) is 5.69 Å². The third-order valence-corrected chi connectivity index (χ3v) is 5.46. The number of para-hydroxylation sites is 2. The largest absolute Gasteiger partial charge is 0.493 e. The predicted octanol–water partition coefficient (Wildman–Crippen LogP) is 3.83. The fourth-order valence-electron chi connectivity index (χ4n) is 2.55. The van der Waals surface area contributed by atoms with Crippen LogP contribution in [0.1, 0.15) is 18.3 Å². The summed E-state index contributed by atoms with van der Waals surface area (Å²) < 4.78 is 12.9. The Balaban J connectivity index is 1.59. The van der Waals surface area contributed by atoms with Gasteiger partial charge >= 0.3 is 0 Å². The van der Waals surface area contributed by atoms with Crippen LogP contribution in [0.3, 0.4) is 0 Å². The molecule has 1 aromatic heterocycles. The average Bonchev–Trinajstić information content (AvgIpc) is 3.07. The zero-order valence-electron chi connectivity index (χ0n) is 16.9. The first-order chi connectivity index (χ1) is 14.0. The molecule has 2 aromatic carbocycles. The minimum Gasteiger partial charge on any atom is -0.493 e. The summed E-state index contributed by atoms with van der Waals surface area (Å²) in [5, 5.41) is 11.6. The second-order valence-electron chi connectivity index (χ2n) is 6.51. The molecule has 0 saturated carbocycles. The highest BCUT2D eigenvalue weighted by atomic mass is 32.2. The maximum Gasteiger partial charge on any atom is 0.237 e. The molecule has 0 fully saturated rings. The topological polar surface area (TPSA) is 78.3 Å². The maximum atomic E-state index is 12.5. The second-order valence-corrected chi connectivity index (χ2v) is 7.82. The van der Waals surface area contributed by atoms with Crippen LogP contribution in [0.15, 0.2) is 53.7 Å². The molecule has 0 radical (unpaired) electrons. The standard InChI is InChI=1S/C21H24N4O3S/c1-14-9-11-16(12-10-14)22-20(26)15(2)29-21-24-23-19(25(21)3)13-28-18-8-6-5-7-17(18)27-4/h5-12,15H,13H2,1-4H3,(H,22,26). The summed E-state index contributed by atoms with van der Waals surface area (Å²) >= 11 is 1.35. The number of carbonyl (C=O) groups is 1. The third-order valence-electron chi connectivity index (χ3n) is 4.32. The van der Waals surface area contributed by atoms with Gasteiger partial charge in [-0.1, -0.05) is 41.6 Å². The Labute approximate surface area is 174 Å². The van der Waals surface area contributed by atoms with Gasteiger partial charge in [0, 0.05) is 12.7 Å². The third kappa shape index (κ3) is 5.29. The lowest BCUT2D eigenvalue weighted by molar-refractivity contribution is -0.115. The van der Waals surface area contributed by atoms with Crippen LogP contribution >= 0.6 is 11.8 Å². The molecule has 3 aromatic rings. The molecule has 7 nitrogen and oxygen atoms in total. The highest BCUT2D eigenvalue weighted by Gasteiger charge is 2.19. The van der Waals surface area contributed by atoms with Crippen LogP contribution in [0.25, 0.3) is 0 Å². The smallest absolute Gasteiger partial charge is 0.237 e. The number of aromatic nitrogens is 3. The van der Waals surface area contributed by atoms with E-state index in [1.807, 2.05) is 74.0 Å². The molecule has 1 N–H and O–H groups in total. The molecule has 1 heterocycles. The van der Waals surface area contributed by atoms with Crippen LogP contribution in [-0.4, -0.2) is 33.0 Å². The lowest BCUT2D eigenvalue weighted by Gasteiger charge is -2.12. The number of nitrogens with zero attached hydrogens (tertiary/aromatic N) is 3. The summed E-state index contributed by atoms with van der Waals surface area (Å²) in [5.41, 5.74) is 1.92. The quantitative estimate of drug-likeness (QED) is 0.567. The summed E-state index contributed by atoms with van der Waals surface area (Å²) in [6, 6.07) is 15.1. The van der Waals surface area contributed by atoms with Gasteiger partial charge in [0.05, 0.1) is 12.4 Å². The van der Waals surface area contributed by atoms with Crippen molar-refractivity contribution in [3.05, 3.63) is 59.9 Å². The van der Waals surface area contributed by atoms with E-state index in [0.29, 0.717) is 22.5 Å². The molecule has 8 heteroatoms. The van der Waals surface area contributed by atoms with E-state index < -0.39 is 0 Å². The molecule has 0 aliphatic carbocycles. The van der Waals surface area contributed by atoms with Crippen molar-refractivity contribution in [1.82, 2.24) is 14.8 Å². The van der Waals surface area contributed by atoms with E-state index >= 15 is 0 Å². The van der Waals surface area contributed by atoms with E-state index in [1.54, 1.807) is 7.11 Å². The van der Waals surface area contributed by atoms with Gasteiger partial charge in [0.1, 0.15) is 6.61 Å². The minimum absolute atomic E-state index is 0.0892. The van der Waals surface area contributed by atoms with Crippen LogP contribution in [0.2, 0.25) is 0 Å². The van der Waals surface area contributed by atoms with Gasteiger partial charge in [-0.15, -0.1) is 10.2 Å². The first-order valence-electron chi connectivity index (χ1n) is 9.16. The summed E-state index contributed by atoms with van der Waals surface area (Å²) in [4.78, 5) is 12.5. The Hall–Kier alpha value is -3.00. The van der Waals surface area contributed by atoms with Crippen molar-refractivity contribution in [1.29, 1.82) is 0 Å². The van der Waals surface area contributed by atoms with Crippen molar-refractivity contribution in [3.63, 3.8) is 0 Å². The second kappa shape index (κ2) is 9.47. The number of methoxy groups -OCH3 is 1. The summed E-state index contributed by atoms with van der Waals surface area (Å²) in [6.07, 6.45) is 0. The highest BCUT2D eigenvalue weighted by molar-refractivity contribution is 8.00. The fourth-order valence-corrected chi connectivity index (χ4v) is 3.38. The molecule has 152 valence electrons. The van der Waals surface area contributed by atoms with Gasteiger partial charge in [0.25, 0.3) is 0 Å². The van der Waals surface area contributed by atoms with Gasteiger partial charge in [-0.3, -0.25) is 4.79 Å². The van der Waals surface area contributed by atoms with E-state index in [1.165, 1.54) is 11.8 Å². The number of anilines is 1. The van der Waals surface area contributed by atoms with Gasteiger partial charge in [-0.05, 0) is 38.1 Å². The number of amides is 1. The predicted molar refractivity (Wildman–Crippen MR) is 113 cm³/mol. The van der Waals surface area contributed by atoms with Crippen molar-refractivity contribution < 1.29 is 14.3 Å². The van der Waals surface area contributed by atoms with Gasteiger partial charge in [0.2, 0.25) is 5.91 Å². The molecule has 3 rings (SSSR count). The van der Waals surface area contributed by atoms with Crippen LogP contribution in [0.5, 0.6) is 11.5 Å². The van der Waals surface area contributed by atoms with Crippen molar-refractivity contribution in [2.45, 2.75) is 30.9 Å². The zero-order chi connectivity index (χ0) is 20.8. The lowest BCUT2D eigenvalue weighted by atomic mass is 10.2. The van der Waals surface area contributed by atoms with E-state index in [-0.39, 0.29) is 17.8 Å². The molecule has 1 unspecified atom stereocenters. The molecule has 0 spiro atoms. The fraction of sp³-hybridized carbons (Fsp3) is 0.286. The van der Waals surface area contributed by atoms with E-state index in [0.717, 1.165) is 11.3 Å². The van der Waals surface area contributed by atoms with Crippen molar-refractivity contribution in [2.75, 3.05) is 12.4 Å². The number of nitrogens with one attached hydrogen (secondary N) is 1. The summed E-state index contributed by atoms with van der Waals surface area (Å²) in [6.45, 7) is 4.09. The number of aryl methyl sites for hydroxylation is 1. The number of ether oxygens (including phenoxy) is 2. The molecule has 29 heavy (non-hydrogen) atoms. The molecule has 1 atom stereocenters. The van der Waals surface area contributed by atoms with Gasteiger partial charge < -0.3 is 19.4 Å². The minimum atomic E-state index is -0.331. The number of rotatable bonds is 8. The Morgan fingerprint density at radius 2 is 1.83 bits per heavy atom. The van der Waals surface area contributed by atoms with Crippen molar-refractivity contribution in [3.8, 4) is 11.5 Å². The Bertz CT molecular complexity index is 972. The number of carbonyl (C=O) groups excluding carboxylic acids is 1. The van der Waals surface area contributed by atoms with Crippen LogP contribution < -0.4 is 14.8 Å². The van der Waals surface area contributed by atoms with E-state index in [4.69, 9.17) is 9.47 Å². The SMILES string of the molecule is COc1ccccc1OCc1nnc(SC(C)C(=O)Nc2ccc(C)cc2)n1C. The number of hydrogen-bond donors (Lipinski definition) is 1. The van der Waals surface area contributed by atoms with Crippen molar-refractivity contribution >= 4 is 23.4 Å². The normalized spacial score (nSPS) is 11.7. The van der Waals surface area contributed by atoms with Gasteiger partial charge in [-0.25, -0.2) is 0 Å². The molecule has 1 amide bonds. The van der Waals surface area contributed by atoms with Crippen LogP contribution in [0, 0.1) is 6.92 Å². The lowest BCUT2D eigenvalue weighted by Crippen LogP contribution is -2.22. The Morgan fingerprint density at radius 3 is 2.52 bits per heavy atom. The molecular formula is C21H24N4O3S. The first kappa shape index (κ1) is 20.7. The molecular weight excluding hydrogens is 388 g/mol. The van der Waals surface area contributed by atoms with E-state index in [2.05, 4.69) is 15.5 Å². The molecule has 0 bridgehead atoms. The molecule has 0 aliphatic heterocycles. The molecule has 0 saturated heterocycles. The Kier molecular flexibility index (Phi) is 6.77. The average molecular weight is 413 g/mol. The van der Waals surface area contributed by atoms with Gasteiger partial charge in [0.15, 0.2) is 22.5 Å². The number of thioether (sulfide) groups is 1. The zero-order valence-corrected chi connectivity index (χ0v) is 17.7. The Morgan fingerprint density at radius 1 is 1.14 bits per heavy atom. The van der Waals surface area contributed by atoms with Crippen LogP contribution in [-0.2, 0) is 18.4 Å². The number of hydrogen-bond acceptors (Lipinski definition) is 6. The first-order valence-corrected chi connectivity index (χ1v) is 10.0. The summed E-state index contributed by atoms with van der Waals surface area (Å²) in [5.74, 6) is 1.86. The van der Waals surface area contributed by atoms with Gasteiger partial charge in [-0.2, -0.15) is 0 Å². The van der Waals surface area contributed by atoms with E-state index in [9.17, 15) is 4.79 Å². The monoisotopic (exact) mass is 412 g/mol. The maximum absolute atomic E-state index is 12.5. The highest BCUT2D eigenvalue weighted by Crippen LogP contribution is 2.27. The molecule has 0 aliphatic rings.